The number of nitrogens with zero attached hydrogens (tertiary/aromatic N) is 2. The van der Waals surface area contributed by atoms with Crippen LogP contribution in [0.15, 0.2) is 0 Å². The van der Waals surface area contributed by atoms with Gasteiger partial charge in [0, 0.05) is 38.1 Å². The Morgan fingerprint density at radius 2 is 1.75 bits per heavy atom. The molecule has 0 amide bonds. The van der Waals surface area contributed by atoms with Gasteiger partial charge < -0.3 is 20.2 Å². The molecule has 0 aromatic heterocycles. The molecule has 2 aliphatic heterocycles. The summed E-state index contributed by atoms with van der Waals surface area (Å²) < 4.78 is 0. The van der Waals surface area contributed by atoms with Crippen molar-refractivity contribution >= 4 is 0 Å². The number of aliphatic hydroxyl groups excluding tert-OH is 1. The standard InChI is InChI=1S/C12H25N3O/c1-14-6-2-12(11-16,3-7-14)10-15-8-4-13-5-9-15/h13,16H,2-11H2,1H3. The molecule has 0 bridgehead atoms. The predicted molar refractivity (Wildman–Crippen MR) is 65.6 cm³/mol. The SMILES string of the molecule is CN1CCC(CO)(CN2CCNCC2)CC1. The highest BCUT2D eigenvalue weighted by molar-refractivity contribution is 4.88. The molecule has 2 fully saturated rings. The van der Waals surface area contributed by atoms with E-state index in [-0.39, 0.29) is 5.41 Å². The zero-order chi connectivity index (χ0) is 11.4. The first-order valence-corrected chi connectivity index (χ1v) is 6.47. The Morgan fingerprint density at radius 1 is 1.12 bits per heavy atom. The monoisotopic (exact) mass is 227 g/mol. The number of likely N-dealkylation sites (tertiary alicyclic amines) is 1. The Kier molecular flexibility index (Phi) is 4.19. The van der Waals surface area contributed by atoms with Crippen LogP contribution >= 0.6 is 0 Å². The van der Waals surface area contributed by atoms with E-state index < -0.39 is 0 Å². The molecule has 4 heteroatoms. The highest BCUT2D eigenvalue weighted by atomic mass is 16.3. The van der Waals surface area contributed by atoms with E-state index in [1.807, 2.05) is 0 Å². The quantitative estimate of drug-likeness (QED) is 0.688. The molecular formula is C12H25N3O. The van der Waals surface area contributed by atoms with E-state index in [1.165, 1.54) is 0 Å². The first kappa shape index (κ1) is 12.3. The molecule has 0 aliphatic carbocycles. The molecule has 16 heavy (non-hydrogen) atoms. The van der Waals surface area contributed by atoms with Gasteiger partial charge in [-0.15, -0.1) is 0 Å². The number of hydrogen-bond donors (Lipinski definition) is 2. The molecule has 0 saturated carbocycles. The molecule has 4 nitrogen and oxygen atoms in total. The van der Waals surface area contributed by atoms with Crippen LogP contribution in [0.2, 0.25) is 0 Å². The fourth-order valence-electron chi connectivity index (χ4n) is 2.80. The second-order valence-corrected chi connectivity index (χ2v) is 5.49. The van der Waals surface area contributed by atoms with E-state index in [0.29, 0.717) is 6.61 Å². The first-order valence-electron chi connectivity index (χ1n) is 6.47. The number of piperazine rings is 1. The van der Waals surface area contributed by atoms with E-state index in [9.17, 15) is 5.11 Å². The summed E-state index contributed by atoms with van der Waals surface area (Å²) in [7, 11) is 2.17. The van der Waals surface area contributed by atoms with Gasteiger partial charge in [-0.2, -0.15) is 0 Å². The van der Waals surface area contributed by atoms with Crippen molar-refractivity contribution in [2.75, 3.05) is 59.5 Å². The minimum absolute atomic E-state index is 0.170. The van der Waals surface area contributed by atoms with E-state index in [0.717, 1.165) is 58.7 Å². The van der Waals surface area contributed by atoms with Crippen molar-refractivity contribution in [3.05, 3.63) is 0 Å². The Hall–Kier alpha value is -0.160. The van der Waals surface area contributed by atoms with Gasteiger partial charge >= 0.3 is 0 Å². The van der Waals surface area contributed by atoms with E-state index in [1.54, 1.807) is 0 Å². The Morgan fingerprint density at radius 3 is 2.31 bits per heavy atom. The van der Waals surface area contributed by atoms with Gasteiger partial charge in [0.25, 0.3) is 0 Å². The summed E-state index contributed by atoms with van der Waals surface area (Å²) in [4.78, 5) is 4.88. The topological polar surface area (TPSA) is 38.7 Å². The summed E-state index contributed by atoms with van der Waals surface area (Å²) in [6, 6.07) is 0. The summed E-state index contributed by atoms with van der Waals surface area (Å²) in [6.45, 7) is 8.17. The van der Waals surface area contributed by atoms with Crippen molar-refractivity contribution < 1.29 is 5.11 Å². The van der Waals surface area contributed by atoms with Crippen molar-refractivity contribution in [3.8, 4) is 0 Å². The van der Waals surface area contributed by atoms with Crippen LogP contribution in [0.5, 0.6) is 0 Å². The molecule has 94 valence electrons. The lowest BCUT2D eigenvalue weighted by atomic mass is 9.78. The minimum atomic E-state index is 0.170. The van der Waals surface area contributed by atoms with Gasteiger partial charge in [0.2, 0.25) is 0 Å². The number of aliphatic hydroxyl groups is 1. The summed E-state index contributed by atoms with van der Waals surface area (Å²) in [5, 5.41) is 13.1. The lowest BCUT2D eigenvalue weighted by Crippen LogP contribution is -2.52. The van der Waals surface area contributed by atoms with Crippen LogP contribution in [0, 0.1) is 5.41 Å². The summed E-state index contributed by atoms with van der Waals surface area (Å²) in [6.07, 6.45) is 2.29. The Bertz CT molecular complexity index is 208. The molecule has 2 N–H and O–H groups in total. The average Bonchev–Trinajstić information content (AvgIpc) is 2.34. The van der Waals surface area contributed by atoms with Crippen LogP contribution in [-0.4, -0.2) is 74.4 Å². The van der Waals surface area contributed by atoms with Crippen LogP contribution in [-0.2, 0) is 0 Å². The Labute approximate surface area is 98.6 Å². The van der Waals surface area contributed by atoms with Gasteiger partial charge in [-0.3, -0.25) is 0 Å². The molecule has 0 aromatic carbocycles. The normalized spacial score (nSPS) is 28.1. The van der Waals surface area contributed by atoms with Crippen molar-refractivity contribution in [1.29, 1.82) is 0 Å². The third kappa shape index (κ3) is 2.94. The molecule has 2 heterocycles. The first-order chi connectivity index (χ1) is 7.74. The van der Waals surface area contributed by atoms with Gasteiger partial charge in [0.1, 0.15) is 0 Å². The zero-order valence-corrected chi connectivity index (χ0v) is 10.4. The second kappa shape index (κ2) is 5.45. The van der Waals surface area contributed by atoms with Crippen molar-refractivity contribution in [1.82, 2.24) is 15.1 Å². The molecule has 0 aromatic rings. The average molecular weight is 227 g/mol. The molecule has 2 aliphatic rings. The fraction of sp³-hybridized carbons (Fsp3) is 1.00. The lowest BCUT2D eigenvalue weighted by Gasteiger charge is -2.43. The summed E-state index contributed by atoms with van der Waals surface area (Å²) in [5.74, 6) is 0. The zero-order valence-electron chi connectivity index (χ0n) is 10.4. The molecule has 2 saturated heterocycles. The van der Waals surface area contributed by atoms with Gasteiger partial charge in [-0.1, -0.05) is 0 Å². The highest BCUT2D eigenvalue weighted by Gasteiger charge is 2.34. The van der Waals surface area contributed by atoms with Crippen LogP contribution in [0.3, 0.4) is 0 Å². The maximum atomic E-state index is 9.70. The molecule has 0 radical (unpaired) electrons. The number of rotatable bonds is 3. The number of hydrogen-bond acceptors (Lipinski definition) is 4. The van der Waals surface area contributed by atoms with E-state index in [4.69, 9.17) is 0 Å². The maximum absolute atomic E-state index is 9.70. The molecular weight excluding hydrogens is 202 g/mol. The highest BCUT2D eigenvalue weighted by Crippen LogP contribution is 2.31. The van der Waals surface area contributed by atoms with Crippen molar-refractivity contribution in [2.24, 2.45) is 5.41 Å². The van der Waals surface area contributed by atoms with Crippen LogP contribution in [0.4, 0.5) is 0 Å². The van der Waals surface area contributed by atoms with Gasteiger partial charge in [0.05, 0.1) is 6.61 Å². The van der Waals surface area contributed by atoms with Crippen molar-refractivity contribution in [3.63, 3.8) is 0 Å². The molecule has 0 unspecified atom stereocenters. The van der Waals surface area contributed by atoms with Gasteiger partial charge in [0.15, 0.2) is 0 Å². The number of piperidine rings is 1. The fourth-order valence-corrected chi connectivity index (χ4v) is 2.80. The third-order valence-corrected chi connectivity index (χ3v) is 4.15. The molecule has 0 atom stereocenters. The smallest absolute Gasteiger partial charge is 0.0500 e. The van der Waals surface area contributed by atoms with Crippen molar-refractivity contribution in [2.45, 2.75) is 12.8 Å². The third-order valence-electron chi connectivity index (χ3n) is 4.15. The lowest BCUT2D eigenvalue weighted by molar-refractivity contribution is 0.0168. The Balaban J connectivity index is 1.88. The summed E-state index contributed by atoms with van der Waals surface area (Å²) >= 11 is 0. The van der Waals surface area contributed by atoms with E-state index in [2.05, 4.69) is 22.2 Å². The van der Waals surface area contributed by atoms with E-state index >= 15 is 0 Å². The second-order valence-electron chi connectivity index (χ2n) is 5.49. The predicted octanol–water partition coefficient (Wildman–Crippen LogP) is -0.404. The summed E-state index contributed by atoms with van der Waals surface area (Å²) in [5.41, 5.74) is 0.170. The number of nitrogens with one attached hydrogen (secondary N) is 1. The minimum Gasteiger partial charge on any atom is -0.396 e. The maximum Gasteiger partial charge on any atom is 0.0500 e. The van der Waals surface area contributed by atoms with Gasteiger partial charge in [-0.25, -0.2) is 0 Å². The largest absolute Gasteiger partial charge is 0.396 e. The van der Waals surface area contributed by atoms with Crippen LogP contribution < -0.4 is 5.32 Å². The molecule has 2 rings (SSSR count). The molecule has 0 spiro atoms. The van der Waals surface area contributed by atoms with Crippen LogP contribution in [0.25, 0.3) is 0 Å². The van der Waals surface area contributed by atoms with Crippen LogP contribution in [0.1, 0.15) is 12.8 Å². The van der Waals surface area contributed by atoms with Gasteiger partial charge in [-0.05, 0) is 33.0 Å².